The molecule has 0 saturated heterocycles. The molecule has 0 bridgehead atoms. The zero-order valence-electron chi connectivity index (χ0n) is 12.8. The maximum Gasteiger partial charge on any atom is 0.231 e. The summed E-state index contributed by atoms with van der Waals surface area (Å²) < 4.78 is 18.6. The van der Waals surface area contributed by atoms with Gasteiger partial charge in [-0.25, -0.2) is 9.37 Å². The molecule has 1 aromatic carbocycles. The van der Waals surface area contributed by atoms with E-state index in [0.717, 1.165) is 6.54 Å². The van der Waals surface area contributed by atoms with Crippen molar-refractivity contribution in [3.05, 3.63) is 42.0 Å². The highest BCUT2D eigenvalue weighted by Gasteiger charge is 2.14. The maximum atomic E-state index is 13.2. The first-order valence-corrected chi connectivity index (χ1v) is 7.15. The van der Waals surface area contributed by atoms with Gasteiger partial charge in [0, 0.05) is 18.7 Å². The van der Waals surface area contributed by atoms with Gasteiger partial charge < -0.3 is 10.2 Å². The van der Waals surface area contributed by atoms with Crippen LogP contribution in [-0.2, 0) is 11.3 Å². The topological polar surface area (TPSA) is 72.4 Å². The van der Waals surface area contributed by atoms with E-state index in [0.29, 0.717) is 29.6 Å². The Morgan fingerprint density at radius 1 is 1.45 bits per heavy atom. The first-order valence-electron chi connectivity index (χ1n) is 7.15. The first-order chi connectivity index (χ1) is 10.4. The normalized spacial score (nSPS) is 11.3. The van der Waals surface area contributed by atoms with E-state index in [1.165, 1.54) is 18.4 Å². The highest BCUT2D eigenvalue weighted by atomic mass is 19.1. The van der Waals surface area contributed by atoms with Crippen LogP contribution in [0.4, 0.5) is 4.39 Å². The predicted molar refractivity (Wildman–Crippen MR) is 81.2 cm³/mol. The van der Waals surface area contributed by atoms with Crippen molar-refractivity contribution in [1.29, 1.82) is 0 Å². The van der Waals surface area contributed by atoms with E-state index in [9.17, 15) is 9.18 Å². The molecule has 1 aromatic heterocycles. The van der Waals surface area contributed by atoms with Gasteiger partial charge in [-0.05, 0) is 24.1 Å². The van der Waals surface area contributed by atoms with Crippen molar-refractivity contribution in [2.24, 2.45) is 11.7 Å². The molecule has 22 heavy (non-hydrogen) atoms. The van der Waals surface area contributed by atoms with Crippen LogP contribution in [0.3, 0.4) is 0 Å². The predicted octanol–water partition coefficient (Wildman–Crippen LogP) is 2.42. The smallest absolute Gasteiger partial charge is 0.231 e. The quantitative estimate of drug-likeness (QED) is 0.852. The molecule has 1 heterocycles. The number of aromatic nitrogens is 1. The Kier molecular flexibility index (Phi) is 5.27. The highest BCUT2D eigenvalue weighted by Crippen LogP contribution is 2.20. The van der Waals surface area contributed by atoms with E-state index in [1.807, 2.05) is 4.90 Å². The number of nitrogens with two attached hydrogens (primary N) is 1. The molecule has 0 radical (unpaired) electrons. The fraction of sp³-hybridized carbons (Fsp3) is 0.375. The Bertz CT molecular complexity index is 640. The molecule has 0 saturated carbocycles. The van der Waals surface area contributed by atoms with Crippen LogP contribution in [0, 0.1) is 11.7 Å². The molecule has 0 unspecified atom stereocenters. The number of carbonyl (C=O) groups is 1. The number of benzene rings is 1. The van der Waals surface area contributed by atoms with E-state index < -0.39 is 0 Å². The Balaban J connectivity index is 2.11. The van der Waals surface area contributed by atoms with Crippen LogP contribution < -0.4 is 5.73 Å². The summed E-state index contributed by atoms with van der Waals surface area (Å²) in [5.41, 5.74) is 6.53. The van der Waals surface area contributed by atoms with Gasteiger partial charge in [0.1, 0.15) is 12.1 Å². The lowest BCUT2D eigenvalue weighted by atomic mass is 10.2. The molecule has 2 aromatic rings. The van der Waals surface area contributed by atoms with Crippen molar-refractivity contribution in [2.75, 3.05) is 13.1 Å². The average Bonchev–Trinajstić information content (AvgIpc) is 2.85. The van der Waals surface area contributed by atoms with Crippen LogP contribution >= 0.6 is 0 Å². The molecule has 0 fully saturated rings. The SMILES string of the molecule is CC(C)CN(CC(N)=O)Cc1coc(-c2cccc(F)c2)n1. The van der Waals surface area contributed by atoms with Crippen molar-refractivity contribution in [1.82, 2.24) is 9.88 Å². The fourth-order valence-corrected chi connectivity index (χ4v) is 2.28. The second-order valence-electron chi connectivity index (χ2n) is 5.68. The van der Waals surface area contributed by atoms with Crippen molar-refractivity contribution in [2.45, 2.75) is 20.4 Å². The molecule has 0 aliphatic rings. The lowest BCUT2D eigenvalue weighted by Gasteiger charge is -2.21. The lowest BCUT2D eigenvalue weighted by Crippen LogP contribution is -2.35. The number of amides is 1. The number of rotatable bonds is 7. The van der Waals surface area contributed by atoms with Gasteiger partial charge in [-0.3, -0.25) is 9.69 Å². The van der Waals surface area contributed by atoms with Crippen molar-refractivity contribution < 1.29 is 13.6 Å². The summed E-state index contributed by atoms with van der Waals surface area (Å²) in [6.07, 6.45) is 1.52. The lowest BCUT2D eigenvalue weighted by molar-refractivity contribution is -0.119. The Labute approximate surface area is 128 Å². The largest absolute Gasteiger partial charge is 0.444 e. The number of hydrogen-bond donors (Lipinski definition) is 1. The van der Waals surface area contributed by atoms with Gasteiger partial charge in [-0.15, -0.1) is 0 Å². The minimum absolute atomic E-state index is 0.167. The molecule has 6 heteroatoms. The van der Waals surface area contributed by atoms with Gasteiger partial charge in [-0.2, -0.15) is 0 Å². The molecule has 2 rings (SSSR count). The monoisotopic (exact) mass is 305 g/mol. The fourth-order valence-electron chi connectivity index (χ4n) is 2.28. The summed E-state index contributed by atoms with van der Waals surface area (Å²) in [6.45, 7) is 5.48. The van der Waals surface area contributed by atoms with E-state index in [2.05, 4.69) is 18.8 Å². The Hall–Kier alpha value is -2.21. The van der Waals surface area contributed by atoms with E-state index >= 15 is 0 Å². The summed E-state index contributed by atoms with van der Waals surface area (Å²) in [6, 6.07) is 6.07. The summed E-state index contributed by atoms with van der Waals surface area (Å²) in [7, 11) is 0. The van der Waals surface area contributed by atoms with Gasteiger partial charge in [0.15, 0.2) is 0 Å². The molecule has 2 N–H and O–H groups in total. The first kappa shape index (κ1) is 16.2. The van der Waals surface area contributed by atoms with Gasteiger partial charge in [0.05, 0.1) is 12.2 Å². The van der Waals surface area contributed by atoms with Gasteiger partial charge >= 0.3 is 0 Å². The minimum Gasteiger partial charge on any atom is -0.444 e. The van der Waals surface area contributed by atoms with Crippen molar-refractivity contribution in [3.63, 3.8) is 0 Å². The zero-order valence-corrected chi connectivity index (χ0v) is 12.8. The highest BCUT2D eigenvalue weighted by molar-refractivity contribution is 5.75. The Morgan fingerprint density at radius 3 is 2.86 bits per heavy atom. The average molecular weight is 305 g/mol. The van der Waals surface area contributed by atoms with Crippen LogP contribution in [0.15, 0.2) is 34.9 Å². The molecular formula is C16H20FN3O2. The summed E-state index contributed by atoms with van der Waals surface area (Å²) in [5, 5.41) is 0. The van der Waals surface area contributed by atoms with E-state index in [-0.39, 0.29) is 18.3 Å². The van der Waals surface area contributed by atoms with Crippen LogP contribution in [0.5, 0.6) is 0 Å². The van der Waals surface area contributed by atoms with Crippen molar-refractivity contribution >= 4 is 5.91 Å². The second kappa shape index (κ2) is 7.17. The summed E-state index contributed by atoms with van der Waals surface area (Å²) in [4.78, 5) is 17.4. The van der Waals surface area contributed by atoms with Crippen LogP contribution in [0.1, 0.15) is 19.5 Å². The van der Waals surface area contributed by atoms with Gasteiger partial charge in [0.2, 0.25) is 11.8 Å². The third kappa shape index (κ3) is 4.66. The zero-order chi connectivity index (χ0) is 16.1. The number of carbonyl (C=O) groups excluding carboxylic acids is 1. The molecule has 5 nitrogen and oxygen atoms in total. The molecule has 0 aliphatic heterocycles. The summed E-state index contributed by atoms with van der Waals surface area (Å²) >= 11 is 0. The maximum absolute atomic E-state index is 13.2. The van der Waals surface area contributed by atoms with Crippen LogP contribution in [0.25, 0.3) is 11.5 Å². The molecule has 1 amide bonds. The third-order valence-corrected chi connectivity index (χ3v) is 3.01. The molecular weight excluding hydrogens is 285 g/mol. The molecule has 0 aliphatic carbocycles. The standard InChI is InChI=1S/C16H20FN3O2/c1-11(2)7-20(9-15(18)21)8-14-10-22-16(19-14)12-4-3-5-13(17)6-12/h3-6,10-11H,7-9H2,1-2H3,(H2,18,21). The van der Waals surface area contributed by atoms with E-state index in [4.69, 9.17) is 10.2 Å². The summed E-state index contributed by atoms with van der Waals surface area (Å²) in [5.74, 6) is 0.0360. The van der Waals surface area contributed by atoms with Crippen molar-refractivity contribution in [3.8, 4) is 11.5 Å². The number of oxazole rings is 1. The third-order valence-electron chi connectivity index (χ3n) is 3.01. The molecule has 0 atom stereocenters. The van der Waals surface area contributed by atoms with Gasteiger partial charge in [0.25, 0.3) is 0 Å². The second-order valence-corrected chi connectivity index (χ2v) is 5.68. The Morgan fingerprint density at radius 2 is 2.23 bits per heavy atom. The van der Waals surface area contributed by atoms with Crippen LogP contribution in [-0.4, -0.2) is 28.9 Å². The minimum atomic E-state index is -0.380. The number of primary amides is 1. The van der Waals surface area contributed by atoms with E-state index in [1.54, 1.807) is 12.1 Å². The molecule has 118 valence electrons. The van der Waals surface area contributed by atoms with Crippen LogP contribution in [0.2, 0.25) is 0 Å². The number of hydrogen-bond acceptors (Lipinski definition) is 4. The number of halogens is 1. The number of nitrogens with zero attached hydrogens (tertiary/aromatic N) is 2. The van der Waals surface area contributed by atoms with Gasteiger partial charge in [-0.1, -0.05) is 19.9 Å². The molecule has 0 spiro atoms.